The maximum atomic E-state index is 9.68. The molecule has 24 heavy (non-hydrogen) atoms. The Morgan fingerprint density at radius 3 is 2.62 bits per heavy atom. The Morgan fingerprint density at radius 2 is 2.00 bits per heavy atom. The highest BCUT2D eigenvalue weighted by Gasteiger charge is 2.12. The summed E-state index contributed by atoms with van der Waals surface area (Å²) in [7, 11) is 0. The lowest BCUT2D eigenvalue weighted by molar-refractivity contribution is 0.244. The lowest BCUT2D eigenvalue weighted by atomic mass is 10.0. The summed E-state index contributed by atoms with van der Waals surface area (Å²) in [5.74, 6) is 1.69. The Balaban J connectivity index is 1.64. The minimum atomic E-state index is -0.0766. The van der Waals surface area contributed by atoms with Crippen molar-refractivity contribution >= 4 is 11.3 Å². The van der Waals surface area contributed by atoms with Gasteiger partial charge in [0.1, 0.15) is 5.76 Å². The number of furan rings is 1. The Kier molecular flexibility index (Phi) is 5.45. The van der Waals surface area contributed by atoms with Crippen molar-refractivity contribution in [1.29, 1.82) is 0 Å². The average molecular weight is 342 g/mol. The van der Waals surface area contributed by atoms with Gasteiger partial charge in [0.15, 0.2) is 10.8 Å². The fourth-order valence-electron chi connectivity index (χ4n) is 2.55. The summed E-state index contributed by atoms with van der Waals surface area (Å²) in [5, 5.41) is 14.0. The van der Waals surface area contributed by atoms with Gasteiger partial charge in [0.25, 0.3) is 0 Å². The van der Waals surface area contributed by atoms with Crippen LogP contribution in [0, 0.1) is 6.92 Å². The highest BCUT2D eigenvalue weighted by molar-refractivity contribution is 7.14. The molecule has 0 aliphatic carbocycles. The number of hydrogen-bond acceptors (Lipinski definition) is 5. The number of benzene rings is 1. The third-order valence-corrected chi connectivity index (χ3v) is 5.01. The predicted molar refractivity (Wildman–Crippen MR) is 97.0 cm³/mol. The van der Waals surface area contributed by atoms with E-state index >= 15 is 0 Å². The largest absolute Gasteiger partial charge is 0.459 e. The SMILES string of the molecule is CCc1ccc(C(CO)NCc2cnc(-c3ccc(C)o3)s2)cc1. The molecule has 1 atom stereocenters. The standard InChI is InChI=1S/C19H22N2O2S/c1-3-14-5-7-15(8-6-14)17(12-22)20-10-16-11-21-19(24-16)18-9-4-13(2)23-18/h4-9,11,17,20,22H,3,10,12H2,1-2H3. The van der Waals surface area contributed by atoms with Gasteiger partial charge in [-0.1, -0.05) is 31.2 Å². The zero-order valence-electron chi connectivity index (χ0n) is 14.0. The Labute approximate surface area is 146 Å². The van der Waals surface area contributed by atoms with Gasteiger partial charge in [-0.15, -0.1) is 11.3 Å². The molecule has 2 aromatic heterocycles. The Bertz CT molecular complexity index is 777. The van der Waals surface area contributed by atoms with Crippen LogP contribution in [0.25, 0.3) is 10.8 Å². The minimum absolute atomic E-state index is 0.0640. The summed E-state index contributed by atoms with van der Waals surface area (Å²) < 4.78 is 5.61. The number of aryl methyl sites for hydroxylation is 2. The van der Waals surface area contributed by atoms with Crippen molar-refractivity contribution in [2.45, 2.75) is 32.9 Å². The summed E-state index contributed by atoms with van der Waals surface area (Å²) in [6, 6.07) is 12.2. The molecule has 3 aromatic rings. The van der Waals surface area contributed by atoms with Gasteiger partial charge in [-0.3, -0.25) is 0 Å². The van der Waals surface area contributed by atoms with Crippen LogP contribution in [-0.4, -0.2) is 16.7 Å². The highest BCUT2D eigenvalue weighted by Crippen LogP contribution is 2.27. The van der Waals surface area contributed by atoms with Crippen LogP contribution in [-0.2, 0) is 13.0 Å². The molecule has 1 unspecified atom stereocenters. The molecule has 0 saturated heterocycles. The number of rotatable bonds is 7. The topological polar surface area (TPSA) is 58.3 Å². The van der Waals surface area contributed by atoms with Crippen LogP contribution in [0.15, 0.2) is 47.0 Å². The number of aromatic nitrogens is 1. The van der Waals surface area contributed by atoms with Gasteiger partial charge in [-0.05, 0) is 36.6 Å². The van der Waals surface area contributed by atoms with Crippen molar-refractivity contribution in [3.8, 4) is 10.8 Å². The van der Waals surface area contributed by atoms with Crippen LogP contribution < -0.4 is 5.32 Å². The molecule has 3 rings (SSSR count). The first-order valence-electron chi connectivity index (χ1n) is 8.14. The van der Waals surface area contributed by atoms with Crippen LogP contribution in [0.5, 0.6) is 0 Å². The molecule has 0 radical (unpaired) electrons. The normalized spacial score (nSPS) is 12.5. The molecule has 0 aliphatic rings. The van der Waals surface area contributed by atoms with E-state index in [2.05, 4.69) is 41.5 Å². The van der Waals surface area contributed by atoms with Gasteiger partial charge in [0, 0.05) is 17.6 Å². The van der Waals surface area contributed by atoms with E-state index in [9.17, 15) is 5.11 Å². The van der Waals surface area contributed by atoms with Crippen molar-refractivity contribution in [2.24, 2.45) is 0 Å². The van der Waals surface area contributed by atoms with Crippen molar-refractivity contribution in [3.05, 3.63) is 64.4 Å². The summed E-state index contributed by atoms with van der Waals surface area (Å²) in [4.78, 5) is 5.53. The molecule has 2 heterocycles. The maximum absolute atomic E-state index is 9.68. The summed E-state index contributed by atoms with van der Waals surface area (Å²) in [6.45, 7) is 4.79. The first-order valence-corrected chi connectivity index (χ1v) is 8.96. The first kappa shape index (κ1) is 16.9. The lowest BCUT2D eigenvalue weighted by Gasteiger charge is -2.16. The van der Waals surface area contributed by atoms with Gasteiger partial charge in [0.2, 0.25) is 0 Å². The zero-order chi connectivity index (χ0) is 16.9. The van der Waals surface area contributed by atoms with Crippen molar-refractivity contribution in [3.63, 3.8) is 0 Å². The molecular formula is C19H22N2O2S. The van der Waals surface area contributed by atoms with E-state index in [0.717, 1.165) is 33.4 Å². The highest BCUT2D eigenvalue weighted by atomic mass is 32.1. The lowest BCUT2D eigenvalue weighted by Crippen LogP contribution is -2.23. The summed E-state index contributed by atoms with van der Waals surface area (Å²) >= 11 is 1.60. The predicted octanol–water partition coefficient (Wildman–Crippen LogP) is 4.10. The van der Waals surface area contributed by atoms with E-state index in [4.69, 9.17) is 4.42 Å². The molecule has 5 heteroatoms. The number of thiazole rings is 1. The quantitative estimate of drug-likeness (QED) is 0.679. The molecule has 126 valence electrons. The monoisotopic (exact) mass is 342 g/mol. The second kappa shape index (κ2) is 7.75. The van der Waals surface area contributed by atoms with Crippen molar-refractivity contribution in [1.82, 2.24) is 10.3 Å². The molecule has 0 spiro atoms. The van der Waals surface area contributed by atoms with Crippen LogP contribution in [0.3, 0.4) is 0 Å². The van der Waals surface area contributed by atoms with E-state index in [1.165, 1.54) is 5.56 Å². The molecule has 1 aromatic carbocycles. The second-order valence-corrected chi connectivity index (χ2v) is 6.87. The van der Waals surface area contributed by atoms with Crippen molar-refractivity contribution < 1.29 is 9.52 Å². The zero-order valence-corrected chi connectivity index (χ0v) is 14.8. The van der Waals surface area contributed by atoms with Gasteiger partial charge in [-0.25, -0.2) is 4.98 Å². The van der Waals surface area contributed by atoms with Crippen LogP contribution in [0.2, 0.25) is 0 Å². The number of aliphatic hydroxyl groups is 1. The van der Waals surface area contributed by atoms with Crippen LogP contribution in [0.4, 0.5) is 0 Å². The fourth-order valence-corrected chi connectivity index (χ4v) is 3.37. The average Bonchev–Trinajstić information content (AvgIpc) is 3.25. The van der Waals surface area contributed by atoms with Gasteiger partial charge in [-0.2, -0.15) is 0 Å². The van der Waals surface area contributed by atoms with Gasteiger partial charge >= 0.3 is 0 Å². The number of nitrogens with one attached hydrogen (secondary N) is 1. The number of aliphatic hydroxyl groups excluding tert-OH is 1. The van der Waals surface area contributed by atoms with Crippen molar-refractivity contribution in [2.75, 3.05) is 6.61 Å². The second-order valence-electron chi connectivity index (χ2n) is 5.75. The van der Waals surface area contributed by atoms with E-state index in [1.54, 1.807) is 11.3 Å². The smallest absolute Gasteiger partial charge is 0.162 e. The van der Waals surface area contributed by atoms with E-state index in [1.807, 2.05) is 25.3 Å². The molecule has 2 N–H and O–H groups in total. The molecular weight excluding hydrogens is 320 g/mol. The number of hydrogen-bond donors (Lipinski definition) is 2. The van der Waals surface area contributed by atoms with E-state index in [0.29, 0.717) is 6.54 Å². The van der Waals surface area contributed by atoms with Crippen LogP contribution >= 0.6 is 11.3 Å². The van der Waals surface area contributed by atoms with Crippen LogP contribution in [0.1, 0.15) is 34.7 Å². The molecule has 4 nitrogen and oxygen atoms in total. The Morgan fingerprint density at radius 1 is 1.21 bits per heavy atom. The third kappa shape index (κ3) is 3.93. The maximum Gasteiger partial charge on any atom is 0.162 e. The van der Waals surface area contributed by atoms with E-state index < -0.39 is 0 Å². The first-order chi connectivity index (χ1) is 11.7. The fraction of sp³-hybridized carbons (Fsp3) is 0.316. The number of nitrogens with zero attached hydrogens (tertiary/aromatic N) is 1. The molecule has 0 aliphatic heterocycles. The third-order valence-electron chi connectivity index (χ3n) is 4.00. The molecule has 0 bridgehead atoms. The van der Waals surface area contributed by atoms with Gasteiger partial charge in [0.05, 0.1) is 12.6 Å². The summed E-state index contributed by atoms with van der Waals surface area (Å²) in [6.07, 6.45) is 2.88. The summed E-state index contributed by atoms with van der Waals surface area (Å²) in [5.41, 5.74) is 2.40. The molecule has 0 amide bonds. The molecule has 0 fully saturated rings. The van der Waals surface area contributed by atoms with E-state index in [-0.39, 0.29) is 12.6 Å². The van der Waals surface area contributed by atoms with Gasteiger partial charge < -0.3 is 14.8 Å². The molecule has 0 saturated carbocycles. The minimum Gasteiger partial charge on any atom is -0.459 e. The Hall–Kier alpha value is -1.95.